The summed E-state index contributed by atoms with van der Waals surface area (Å²) in [4.78, 5) is 15.0. The number of methoxy groups -OCH3 is 1. The average Bonchev–Trinajstić information content (AvgIpc) is 3.04. The van der Waals surface area contributed by atoms with Gasteiger partial charge in [-0.2, -0.15) is 0 Å². The number of aryl methyl sites for hydroxylation is 1. The molecule has 0 radical (unpaired) electrons. The Kier molecular flexibility index (Phi) is 5.41. The van der Waals surface area contributed by atoms with E-state index in [1.807, 2.05) is 25.1 Å². The number of allylic oxidation sites excluding steroid dienone is 1. The standard InChI is InChI=1S/C19H26N2O3/c1-14-8-9-18(23-2)16(12-14)20-19(22)17-7-5-10-21(17)13-15-6-3-4-11-24-15/h4,8-9,11-12,15,17H,3,5-7,10,13H2,1-2H3,(H,20,22)/t15-,17-/m0/s1. The van der Waals surface area contributed by atoms with Crippen LogP contribution in [-0.2, 0) is 9.53 Å². The molecule has 0 aliphatic carbocycles. The van der Waals surface area contributed by atoms with Crippen molar-refractivity contribution in [2.75, 3.05) is 25.5 Å². The molecule has 130 valence electrons. The molecule has 0 saturated carbocycles. The van der Waals surface area contributed by atoms with Gasteiger partial charge in [0.2, 0.25) is 5.91 Å². The SMILES string of the molecule is COc1ccc(C)cc1NC(=O)[C@@H]1CCCN1C[C@@H]1CCC=CO1. The van der Waals surface area contributed by atoms with Crippen molar-refractivity contribution in [1.29, 1.82) is 0 Å². The van der Waals surface area contributed by atoms with E-state index < -0.39 is 0 Å². The Balaban J connectivity index is 1.65. The Labute approximate surface area is 143 Å². The Morgan fingerprint density at radius 1 is 1.42 bits per heavy atom. The Morgan fingerprint density at radius 3 is 3.04 bits per heavy atom. The summed E-state index contributed by atoms with van der Waals surface area (Å²) in [5.41, 5.74) is 1.84. The van der Waals surface area contributed by atoms with Gasteiger partial charge in [0.25, 0.3) is 0 Å². The fraction of sp³-hybridized carbons (Fsp3) is 0.526. The lowest BCUT2D eigenvalue weighted by Crippen LogP contribution is -2.43. The van der Waals surface area contributed by atoms with Crippen LogP contribution in [0.5, 0.6) is 5.75 Å². The number of rotatable bonds is 5. The minimum absolute atomic E-state index is 0.0442. The van der Waals surface area contributed by atoms with E-state index in [-0.39, 0.29) is 18.1 Å². The highest BCUT2D eigenvalue weighted by atomic mass is 16.5. The highest BCUT2D eigenvalue weighted by Gasteiger charge is 2.33. The second-order valence-electron chi connectivity index (χ2n) is 6.55. The van der Waals surface area contributed by atoms with Crippen molar-refractivity contribution in [2.45, 2.75) is 44.8 Å². The van der Waals surface area contributed by atoms with Crippen LogP contribution in [0.4, 0.5) is 5.69 Å². The largest absolute Gasteiger partial charge is 0.497 e. The lowest BCUT2D eigenvalue weighted by molar-refractivity contribution is -0.120. The second-order valence-corrected chi connectivity index (χ2v) is 6.55. The van der Waals surface area contributed by atoms with Crippen LogP contribution in [0, 0.1) is 6.92 Å². The zero-order valence-electron chi connectivity index (χ0n) is 14.5. The first-order chi connectivity index (χ1) is 11.7. The summed E-state index contributed by atoms with van der Waals surface area (Å²) in [6.45, 7) is 3.77. The Bertz CT molecular complexity index is 615. The van der Waals surface area contributed by atoms with E-state index >= 15 is 0 Å². The minimum atomic E-state index is -0.0928. The van der Waals surface area contributed by atoms with Gasteiger partial charge in [-0.15, -0.1) is 0 Å². The lowest BCUT2D eigenvalue weighted by atomic mass is 10.1. The molecule has 1 aromatic rings. The molecule has 1 N–H and O–H groups in total. The van der Waals surface area contributed by atoms with E-state index in [2.05, 4.69) is 16.3 Å². The molecule has 1 amide bonds. The number of anilines is 1. The number of likely N-dealkylation sites (tertiary alicyclic amines) is 1. The van der Waals surface area contributed by atoms with Crippen LogP contribution in [0.3, 0.4) is 0 Å². The fourth-order valence-corrected chi connectivity index (χ4v) is 3.46. The first-order valence-corrected chi connectivity index (χ1v) is 8.67. The average molecular weight is 330 g/mol. The zero-order valence-corrected chi connectivity index (χ0v) is 14.5. The second kappa shape index (κ2) is 7.71. The number of nitrogens with one attached hydrogen (secondary N) is 1. The number of benzene rings is 1. The summed E-state index contributed by atoms with van der Waals surface area (Å²) >= 11 is 0. The third-order valence-corrected chi connectivity index (χ3v) is 4.74. The van der Waals surface area contributed by atoms with Crippen LogP contribution in [-0.4, -0.2) is 43.2 Å². The highest BCUT2D eigenvalue weighted by Crippen LogP contribution is 2.27. The quantitative estimate of drug-likeness (QED) is 0.901. The lowest BCUT2D eigenvalue weighted by Gasteiger charge is -2.29. The number of hydrogen-bond acceptors (Lipinski definition) is 4. The smallest absolute Gasteiger partial charge is 0.241 e. The van der Waals surface area contributed by atoms with Crippen molar-refractivity contribution in [3.8, 4) is 5.75 Å². The number of carbonyl (C=O) groups excluding carboxylic acids is 1. The molecule has 1 fully saturated rings. The third-order valence-electron chi connectivity index (χ3n) is 4.74. The fourth-order valence-electron chi connectivity index (χ4n) is 3.46. The summed E-state index contributed by atoms with van der Waals surface area (Å²) in [5, 5.41) is 3.05. The van der Waals surface area contributed by atoms with Gasteiger partial charge in [0.15, 0.2) is 0 Å². The van der Waals surface area contributed by atoms with E-state index in [1.54, 1.807) is 13.4 Å². The number of hydrogen-bond donors (Lipinski definition) is 1. The maximum Gasteiger partial charge on any atom is 0.241 e. The van der Waals surface area contributed by atoms with Crippen molar-refractivity contribution in [3.63, 3.8) is 0 Å². The topological polar surface area (TPSA) is 50.8 Å². The summed E-state index contributed by atoms with van der Waals surface area (Å²) in [5.74, 6) is 0.738. The molecule has 2 atom stereocenters. The van der Waals surface area contributed by atoms with E-state index in [0.29, 0.717) is 5.75 Å². The van der Waals surface area contributed by atoms with Crippen molar-refractivity contribution in [3.05, 3.63) is 36.1 Å². The Morgan fingerprint density at radius 2 is 2.29 bits per heavy atom. The molecular formula is C19H26N2O3. The van der Waals surface area contributed by atoms with Gasteiger partial charge >= 0.3 is 0 Å². The maximum atomic E-state index is 12.8. The van der Waals surface area contributed by atoms with Gasteiger partial charge < -0.3 is 14.8 Å². The number of ether oxygens (including phenoxy) is 2. The van der Waals surface area contributed by atoms with E-state index in [1.165, 1.54) is 0 Å². The zero-order chi connectivity index (χ0) is 16.9. The Hall–Kier alpha value is -2.01. The van der Waals surface area contributed by atoms with Crippen molar-refractivity contribution < 1.29 is 14.3 Å². The predicted molar refractivity (Wildman–Crippen MR) is 94.2 cm³/mol. The molecule has 1 aromatic carbocycles. The van der Waals surface area contributed by atoms with Crippen LogP contribution < -0.4 is 10.1 Å². The van der Waals surface area contributed by atoms with Gasteiger partial charge in [-0.1, -0.05) is 6.07 Å². The molecular weight excluding hydrogens is 304 g/mol. The highest BCUT2D eigenvalue weighted by molar-refractivity contribution is 5.96. The molecule has 0 aromatic heterocycles. The number of amides is 1. The normalized spacial score (nSPS) is 23.8. The van der Waals surface area contributed by atoms with Crippen molar-refractivity contribution >= 4 is 11.6 Å². The van der Waals surface area contributed by atoms with Crippen molar-refractivity contribution in [2.24, 2.45) is 0 Å². The summed E-state index contributed by atoms with van der Waals surface area (Å²) in [6, 6.07) is 5.72. The van der Waals surface area contributed by atoms with Crippen LogP contribution in [0.25, 0.3) is 0 Å². The molecule has 24 heavy (non-hydrogen) atoms. The number of nitrogens with zero attached hydrogens (tertiary/aromatic N) is 1. The maximum absolute atomic E-state index is 12.8. The van der Waals surface area contributed by atoms with E-state index in [4.69, 9.17) is 9.47 Å². The molecule has 5 nitrogen and oxygen atoms in total. The molecule has 0 unspecified atom stereocenters. The molecule has 3 rings (SSSR count). The minimum Gasteiger partial charge on any atom is -0.497 e. The molecule has 2 aliphatic rings. The van der Waals surface area contributed by atoms with Gasteiger partial charge in [0, 0.05) is 6.54 Å². The van der Waals surface area contributed by atoms with Crippen LogP contribution in [0.1, 0.15) is 31.2 Å². The number of carbonyl (C=O) groups is 1. The first-order valence-electron chi connectivity index (χ1n) is 8.67. The first kappa shape index (κ1) is 16.8. The van der Waals surface area contributed by atoms with Crippen LogP contribution in [0.2, 0.25) is 0 Å². The molecule has 1 saturated heterocycles. The van der Waals surface area contributed by atoms with Crippen LogP contribution >= 0.6 is 0 Å². The van der Waals surface area contributed by atoms with Gasteiger partial charge in [-0.25, -0.2) is 0 Å². The monoisotopic (exact) mass is 330 g/mol. The van der Waals surface area contributed by atoms with Crippen molar-refractivity contribution in [1.82, 2.24) is 4.90 Å². The van der Waals surface area contributed by atoms with Gasteiger partial charge in [-0.05, 0) is 62.9 Å². The molecule has 2 heterocycles. The molecule has 5 heteroatoms. The van der Waals surface area contributed by atoms with E-state index in [9.17, 15) is 4.79 Å². The molecule has 2 aliphatic heterocycles. The van der Waals surface area contributed by atoms with Gasteiger partial charge in [0.1, 0.15) is 11.9 Å². The molecule has 0 bridgehead atoms. The predicted octanol–water partition coefficient (Wildman–Crippen LogP) is 3.10. The van der Waals surface area contributed by atoms with Gasteiger partial charge in [0.05, 0.1) is 25.1 Å². The van der Waals surface area contributed by atoms with Crippen LogP contribution in [0.15, 0.2) is 30.5 Å². The summed E-state index contributed by atoms with van der Waals surface area (Å²) in [6.07, 6.45) is 8.04. The molecule has 0 spiro atoms. The third kappa shape index (κ3) is 3.90. The summed E-state index contributed by atoms with van der Waals surface area (Å²) < 4.78 is 11.0. The summed E-state index contributed by atoms with van der Waals surface area (Å²) in [7, 11) is 1.62. The van der Waals surface area contributed by atoms with E-state index in [0.717, 1.165) is 50.0 Å². The van der Waals surface area contributed by atoms with Gasteiger partial charge in [-0.3, -0.25) is 9.69 Å².